The molecule has 2 aromatic heterocycles. The van der Waals surface area contributed by atoms with E-state index >= 15 is 0 Å². The summed E-state index contributed by atoms with van der Waals surface area (Å²) in [5.74, 6) is 0.829. The van der Waals surface area contributed by atoms with Gasteiger partial charge in [-0.25, -0.2) is 4.98 Å². The van der Waals surface area contributed by atoms with Crippen molar-refractivity contribution in [3.8, 4) is 0 Å². The SMILES string of the molecule is CC(C)n1c(C(N)c2cnn(C)c2)nc2cc(Cl)ccc21. The third kappa shape index (κ3) is 2.43. The molecule has 1 aromatic carbocycles. The molecule has 0 saturated heterocycles. The number of rotatable bonds is 3. The minimum atomic E-state index is -0.313. The highest BCUT2D eigenvalue weighted by atomic mass is 35.5. The highest BCUT2D eigenvalue weighted by Gasteiger charge is 2.21. The van der Waals surface area contributed by atoms with Gasteiger partial charge in [-0.05, 0) is 32.0 Å². The number of nitrogens with two attached hydrogens (primary N) is 1. The molecule has 2 heterocycles. The highest BCUT2D eigenvalue weighted by molar-refractivity contribution is 6.31. The lowest BCUT2D eigenvalue weighted by molar-refractivity contribution is 0.567. The smallest absolute Gasteiger partial charge is 0.131 e. The number of aryl methyl sites for hydroxylation is 1. The Morgan fingerprint density at radius 1 is 1.29 bits per heavy atom. The topological polar surface area (TPSA) is 61.7 Å². The van der Waals surface area contributed by atoms with Crippen LogP contribution in [-0.4, -0.2) is 19.3 Å². The van der Waals surface area contributed by atoms with E-state index in [0.717, 1.165) is 22.4 Å². The second-order valence-corrected chi connectivity index (χ2v) is 5.93. The lowest BCUT2D eigenvalue weighted by Gasteiger charge is -2.16. The largest absolute Gasteiger partial charge is 0.324 e. The maximum atomic E-state index is 6.40. The van der Waals surface area contributed by atoms with Crippen LogP contribution in [0.5, 0.6) is 0 Å². The van der Waals surface area contributed by atoms with Gasteiger partial charge in [0.1, 0.15) is 5.82 Å². The molecule has 2 N–H and O–H groups in total. The van der Waals surface area contributed by atoms with E-state index in [9.17, 15) is 0 Å². The molecule has 1 atom stereocenters. The predicted molar refractivity (Wildman–Crippen MR) is 84.4 cm³/mol. The van der Waals surface area contributed by atoms with E-state index < -0.39 is 0 Å². The Hall–Kier alpha value is -1.85. The van der Waals surface area contributed by atoms with Crippen LogP contribution in [0, 0.1) is 0 Å². The number of imidazole rings is 1. The van der Waals surface area contributed by atoms with Crippen LogP contribution < -0.4 is 5.73 Å². The summed E-state index contributed by atoms with van der Waals surface area (Å²) in [5, 5.41) is 4.86. The zero-order chi connectivity index (χ0) is 15.1. The molecule has 21 heavy (non-hydrogen) atoms. The average Bonchev–Trinajstić information content (AvgIpc) is 3.00. The molecule has 0 aliphatic heterocycles. The van der Waals surface area contributed by atoms with Crippen LogP contribution in [0.15, 0.2) is 30.6 Å². The minimum absolute atomic E-state index is 0.258. The van der Waals surface area contributed by atoms with Crippen LogP contribution in [0.4, 0.5) is 0 Å². The van der Waals surface area contributed by atoms with Crippen molar-refractivity contribution in [2.45, 2.75) is 25.9 Å². The number of benzene rings is 1. The zero-order valence-electron chi connectivity index (χ0n) is 12.3. The summed E-state index contributed by atoms with van der Waals surface area (Å²) in [5.41, 5.74) is 9.26. The third-order valence-electron chi connectivity index (χ3n) is 3.56. The van der Waals surface area contributed by atoms with Crippen molar-refractivity contribution < 1.29 is 0 Å². The third-order valence-corrected chi connectivity index (χ3v) is 3.79. The van der Waals surface area contributed by atoms with Gasteiger partial charge in [0.25, 0.3) is 0 Å². The molecule has 0 amide bonds. The quantitative estimate of drug-likeness (QED) is 0.809. The summed E-state index contributed by atoms with van der Waals surface area (Å²) in [6.45, 7) is 4.24. The molecular formula is C15H18ClN5. The fraction of sp³-hybridized carbons (Fsp3) is 0.333. The van der Waals surface area contributed by atoms with Crippen molar-refractivity contribution in [1.82, 2.24) is 19.3 Å². The number of nitrogens with zero attached hydrogens (tertiary/aromatic N) is 4. The number of fused-ring (bicyclic) bond motifs is 1. The monoisotopic (exact) mass is 303 g/mol. The lowest BCUT2D eigenvalue weighted by atomic mass is 10.1. The van der Waals surface area contributed by atoms with E-state index in [0.29, 0.717) is 5.02 Å². The number of hydrogen-bond acceptors (Lipinski definition) is 3. The summed E-state index contributed by atoms with van der Waals surface area (Å²) >= 11 is 6.07. The standard InChI is InChI=1S/C15H18ClN5/c1-9(2)21-13-5-4-11(16)6-12(13)19-15(21)14(17)10-7-18-20(3)8-10/h4-9,14H,17H2,1-3H3. The van der Waals surface area contributed by atoms with Crippen LogP contribution in [0.3, 0.4) is 0 Å². The summed E-state index contributed by atoms with van der Waals surface area (Å²) in [6.07, 6.45) is 3.70. The van der Waals surface area contributed by atoms with Crippen LogP contribution in [0.2, 0.25) is 5.02 Å². The molecule has 0 aliphatic carbocycles. The molecule has 3 rings (SSSR count). The molecule has 0 bridgehead atoms. The molecular weight excluding hydrogens is 286 g/mol. The van der Waals surface area contributed by atoms with Crippen molar-refractivity contribution >= 4 is 22.6 Å². The van der Waals surface area contributed by atoms with Gasteiger partial charge in [-0.1, -0.05) is 11.6 Å². The van der Waals surface area contributed by atoms with E-state index in [1.165, 1.54) is 0 Å². The Balaban J connectivity index is 2.19. The van der Waals surface area contributed by atoms with Crippen molar-refractivity contribution in [2.24, 2.45) is 12.8 Å². The van der Waals surface area contributed by atoms with Crippen molar-refractivity contribution in [3.63, 3.8) is 0 Å². The van der Waals surface area contributed by atoms with Gasteiger partial charge >= 0.3 is 0 Å². The van der Waals surface area contributed by atoms with E-state index in [-0.39, 0.29) is 12.1 Å². The van der Waals surface area contributed by atoms with Crippen LogP contribution in [0.25, 0.3) is 11.0 Å². The Kier molecular flexibility index (Phi) is 3.47. The van der Waals surface area contributed by atoms with Crippen LogP contribution in [-0.2, 0) is 7.05 Å². The summed E-state index contributed by atoms with van der Waals surface area (Å²) in [4.78, 5) is 4.70. The molecule has 3 aromatic rings. The predicted octanol–water partition coefficient (Wildman–Crippen LogP) is 3.05. The molecule has 0 radical (unpaired) electrons. The second kappa shape index (κ2) is 5.16. The average molecular weight is 304 g/mol. The first-order valence-electron chi connectivity index (χ1n) is 6.89. The van der Waals surface area contributed by atoms with Gasteiger partial charge in [0.2, 0.25) is 0 Å². The van der Waals surface area contributed by atoms with Gasteiger partial charge in [-0.15, -0.1) is 0 Å². The Morgan fingerprint density at radius 2 is 2.05 bits per heavy atom. The number of aromatic nitrogens is 4. The molecule has 0 spiro atoms. The van der Waals surface area contributed by atoms with E-state index in [1.54, 1.807) is 10.9 Å². The fourth-order valence-electron chi connectivity index (χ4n) is 2.60. The summed E-state index contributed by atoms with van der Waals surface area (Å²) in [7, 11) is 1.88. The van der Waals surface area contributed by atoms with Crippen molar-refractivity contribution in [3.05, 3.63) is 47.0 Å². The van der Waals surface area contributed by atoms with E-state index in [4.69, 9.17) is 22.3 Å². The van der Waals surface area contributed by atoms with Gasteiger partial charge in [0.15, 0.2) is 0 Å². The molecule has 6 heteroatoms. The van der Waals surface area contributed by atoms with Gasteiger partial charge in [0.05, 0.1) is 23.3 Å². The van der Waals surface area contributed by atoms with E-state index in [1.807, 2.05) is 31.4 Å². The fourth-order valence-corrected chi connectivity index (χ4v) is 2.77. The first-order chi connectivity index (χ1) is 9.97. The van der Waals surface area contributed by atoms with Gasteiger partial charge in [-0.2, -0.15) is 5.10 Å². The summed E-state index contributed by atoms with van der Waals surface area (Å²) in [6, 6.07) is 5.68. The number of hydrogen-bond donors (Lipinski definition) is 1. The van der Waals surface area contributed by atoms with E-state index in [2.05, 4.69) is 23.5 Å². The number of halogens is 1. The molecule has 5 nitrogen and oxygen atoms in total. The highest BCUT2D eigenvalue weighted by Crippen LogP contribution is 2.28. The van der Waals surface area contributed by atoms with Crippen LogP contribution in [0.1, 0.15) is 37.3 Å². The Bertz CT molecular complexity index is 787. The lowest BCUT2D eigenvalue weighted by Crippen LogP contribution is -2.18. The molecule has 110 valence electrons. The van der Waals surface area contributed by atoms with Gasteiger partial charge in [-0.3, -0.25) is 4.68 Å². The molecule has 0 saturated carbocycles. The Morgan fingerprint density at radius 3 is 2.67 bits per heavy atom. The first kappa shape index (κ1) is 14.1. The molecule has 0 aliphatic rings. The first-order valence-corrected chi connectivity index (χ1v) is 7.26. The minimum Gasteiger partial charge on any atom is -0.324 e. The summed E-state index contributed by atoms with van der Waals surface area (Å²) < 4.78 is 3.90. The van der Waals surface area contributed by atoms with Gasteiger partial charge in [0, 0.05) is 29.9 Å². The Labute approximate surface area is 128 Å². The van der Waals surface area contributed by atoms with Crippen molar-refractivity contribution in [1.29, 1.82) is 0 Å². The molecule has 0 fully saturated rings. The van der Waals surface area contributed by atoms with Gasteiger partial charge < -0.3 is 10.3 Å². The van der Waals surface area contributed by atoms with Crippen LogP contribution >= 0.6 is 11.6 Å². The maximum absolute atomic E-state index is 6.40. The maximum Gasteiger partial charge on any atom is 0.131 e. The normalized spacial score (nSPS) is 13.2. The van der Waals surface area contributed by atoms with Crippen molar-refractivity contribution in [2.75, 3.05) is 0 Å². The molecule has 1 unspecified atom stereocenters. The zero-order valence-corrected chi connectivity index (χ0v) is 13.0. The second-order valence-electron chi connectivity index (χ2n) is 5.49.